The van der Waals surface area contributed by atoms with E-state index >= 15 is 0 Å². The van der Waals surface area contributed by atoms with Crippen LogP contribution in [0.2, 0.25) is 0 Å². The molecular formula is C17H30O4. The van der Waals surface area contributed by atoms with Crippen molar-refractivity contribution >= 4 is 11.9 Å². The van der Waals surface area contributed by atoms with Crippen LogP contribution in [0.4, 0.5) is 0 Å². The molecule has 0 spiro atoms. The van der Waals surface area contributed by atoms with Crippen LogP contribution in [-0.2, 0) is 14.3 Å². The normalized spacial score (nSPS) is 12.5. The summed E-state index contributed by atoms with van der Waals surface area (Å²) in [5, 5.41) is 8.50. The minimum absolute atomic E-state index is 0.0795. The van der Waals surface area contributed by atoms with Gasteiger partial charge in [-0.2, -0.15) is 0 Å². The van der Waals surface area contributed by atoms with Gasteiger partial charge in [-0.3, -0.25) is 0 Å². The van der Waals surface area contributed by atoms with Crippen LogP contribution < -0.4 is 0 Å². The molecule has 1 N–H and O–H groups in total. The van der Waals surface area contributed by atoms with Crippen molar-refractivity contribution in [2.45, 2.75) is 84.2 Å². The zero-order chi connectivity index (χ0) is 15.9. The Hall–Kier alpha value is -1.32. The van der Waals surface area contributed by atoms with Crippen LogP contribution in [0.3, 0.4) is 0 Å². The van der Waals surface area contributed by atoms with Gasteiger partial charge in [0.1, 0.15) is 6.10 Å². The summed E-state index contributed by atoms with van der Waals surface area (Å²) in [5.41, 5.74) is 0. The minimum atomic E-state index is -1.13. The second-order valence-electron chi connectivity index (χ2n) is 5.43. The number of carbonyl (C=O) groups is 2. The fraction of sp³-hybridized carbons (Fsp3) is 0.765. The lowest BCUT2D eigenvalue weighted by Crippen LogP contribution is -2.17. The second-order valence-corrected chi connectivity index (χ2v) is 5.43. The number of esters is 1. The molecule has 122 valence electrons. The Balaban J connectivity index is 4.11. The number of aliphatic carboxylic acids is 1. The summed E-state index contributed by atoms with van der Waals surface area (Å²) in [6, 6.07) is 0. The molecule has 0 aliphatic carbocycles. The van der Waals surface area contributed by atoms with Crippen LogP contribution in [0.15, 0.2) is 12.2 Å². The molecular weight excluding hydrogens is 268 g/mol. The molecule has 4 nitrogen and oxygen atoms in total. The number of hydrogen-bond donors (Lipinski definition) is 1. The van der Waals surface area contributed by atoms with Gasteiger partial charge in [0.2, 0.25) is 0 Å². The number of rotatable bonds is 13. The third-order valence-corrected chi connectivity index (χ3v) is 3.40. The third-order valence-electron chi connectivity index (χ3n) is 3.40. The van der Waals surface area contributed by atoms with Crippen LogP contribution in [0.1, 0.15) is 78.1 Å². The molecule has 0 saturated carbocycles. The Morgan fingerprint density at radius 2 is 1.43 bits per heavy atom. The number of carboxylic acid groups (broad SMARTS) is 1. The highest BCUT2D eigenvalue weighted by Crippen LogP contribution is 2.15. The Bertz CT molecular complexity index is 310. The van der Waals surface area contributed by atoms with Gasteiger partial charge in [0.05, 0.1) is 0 Å². The first-order valence-corrected chi connectivity index (χ1v) is 8.21. The van der Waals surface area contributed by atoms with Crippen LogP contribution in [0, 0.1) is 0 Å². The van der Waals surface area contributed by atoms with Gasteiger partial charge in [-0.15, -0.1) is 0 Å². The molecule has 0 aliphatic heterocycles. The second kappa shape index (κ2) is 13.7. The molecule has 0 aromatic heterocycles. The van der Waals surface area contributed by atoms with E-state index in [0.29, 0.717) is 0 Å². The van der Waals surface area contributed by atoms with E-state index in [9.17, 15) is 9.59 Å². The molecule has 0 bridgehead atoms. The van der Waals surface area contributed by atoms with Gasteiger partial charge >= 0.3 is 11.9 Å². The summed E-state index contributed by atoms with van der Waals surface area (Å²) in [6.07, 6.45) is 12.7. The van der Waals surface area contributed by atoms with E-state index in [1.54, 1.807) is 0 Å². The third kappa shape index (κ3) is 13.4. The van der Waals surface area contributed by atoms with Crippen molar-refractivity contribution in [1.29, 1.82) is 0 Å². The molecule has 21 heavy (non-hydrogen) atoms. The number of carboxylic acids is 1. The highest BCUT2D eigenvalue weighted by atomic mass is 16.5. The number of hydrogen-bond acceptors (Lipinski definition) is 3. The van der Waals surface area contributed by atoms with Crippen molar-refractivity contribution < 1.29 is 19.4 Å². The SMILES string of the molecule is CCCCCCCC(CCCCC)OC(=O)/C=C\C(=O)O. The van der Waals surface area contributed by atoms with E-state index in [-0.39, 0.29) is 6.10 Å². The lowest BCUT2D eigenvalue weighted by Gasteiger charge is -2.17. The fourth-order valence-corrected chi connectivity index (χ4v) is 2.20. The Kier molecular flexibility index (Phi) is 12.8. The van der Waals surface area contributed by atoms with Crippen LogP contribution in [0.25, 0.3) is 0 Å². The molecule has 1 atom stereocenters. The molecule has 0 fully saturated rings. The molecule has 0 saturated heterocycles. The highest BCUT2D eigenvalue weighted by Gasteiger charge is 2.12. The van der Waals surface area contributed by atoms with Gasteiger partial charge in [0.15, 0.2) is 0 Å². The molecule has 0 aliphatic rings. The van der Waals surface area contributed by atoms with Gasteiger partial charge in [-0.1, -0.05) is 52.4 Å². The minimum Gasteiger partial charge on any atom is -0.478 e. The quantitative estimate of drug-likeness (QED) is 0.309. The van der Waals surface area contributed by atoms with Gasteiger partial charge in [0.25, 0.3) is 0 Å². The zero-order valence-corrected chi connectivity index (χ0v) is 13.5. The van der Waals surface area contributed by atoms with Crippen LogP contribution >= 0.6 is 0 Å². The van der Waals surface area contributed by atoms with Gasteiger partial charge in [-0.05, 0) is 25.7 Å². The van der Waals surface area contributed by atoms with Crippen LogP contribution in [0.5, 0.6) is 0 Å². The molecule has 0 radical (unpaired) electrons. The van der Waals surface area contributed by atoms with Crippen molar-refractivity contribution in [2.75, 3.05) is 0 Å². The maximum Gasteiger partial charge on any atom is 0.331 e. The van der Waals surface area contributed by atoms with Crippen molar-refractivity contribution in [3.05, 3.63) is 12.2 Å². The summed E-state index contributed by atoms with van der Waals surface area (Å²) in [6.45, 7) is 4.32. The van der Waals surface area contributed by atoms with Crippen molar-refractivity contribution in [1.82, 2.24) is 0 Å². The van der Waals surface area contributed by atoms with E-state index in [1.165, 1.54) is 25.7 Å². The maximum absolute atomic E-state index is 11.6. The first-order chi connectivity index (χ1) is 10.1. The lowest BCUT2D eigenvalue weighted by molar-refractivity contribution is -0.144. The first kappa shape index (κ1) is 19.7. The topological polar surface area (TPSA) is 63.6 Å². The molecule has 4 heteroatoms. The van der Waals surface area contributed by atoms with Crippen molar-refractivity contribution in [3.63, 3.8) is 0 Å². The molecule has 0 rings (SSSR count). The summed E-state index contributed by atoms with van der Waals surface area (Å²) in [4.78, 5) is 21.9. The number of carbonyl (C=O) groups excluding carboxylic acids is 1. The Morgan fingerprint density at radius 3 is 2.00 bits per heavy atom. The summed E-state index contributed by atoms with van der Waals surface area (Å²) in [7, 11) is 0. The average molecular weight is 298 g/mol. The van der Waals surface area contributed by atoms with Crippen molar-refractivity contribution in [2.24, 2.45) is 0 Å². The predicted molar refractivity (Wildman–Crippen MR) is 84.2 cm³/mol. The Morgan fingerprint density at radius 1 is 0.905 bits per heavy atom. The zero-order valence-electron chi connectivity index (χ0n) is 13.5. The average Bonchev–Trinajstić information content (AvgIpc) is 2.45. The van der Waals surface area contributed by atoms with E-state index < -0.39 is 11.9 Å². The van der Waals surface area contributed by atoms with Gasteiger partial charge < -0.3 is 9.84 Å². The predicted octanol–water partition coefficient (Wildman–Crippen LogP) is 4.48. The van der Waals surface area contributed by atoms with Gasteiger partial charge in [-0.25, -0.2) is 9.59 Å². The van der Waals surface area contributed by atoms with Crippen molar-refractivity contribution in [3.8, 4) is 0 Å². The molecule has 0 amide bonds. The number of ether oxygens (including phenoxy) is 1. The van der Waals surface area contributed by atoms with E-state index in [0.717, 1.165) is 50.7 Å². The summed E-state index contributed by atoms with van der Waals surface area (Å²) in [5.74, 6) is -1.68. The monoisotopic (exact) mass is 298 g/mol. The first-order valence-electron chi connectivity index (χ1n) is 8.21. The molecule has 0 aromatic carbocycles. The van der Waals surface area contributed by atoms with E-state index in [4.69, 9.17) is 9.84 Å². The summed E-state index contributed by atoms with van der Waals surface area (Å²) < 4.78 is 5.36. The molecule has 0 heterocycles. The smallest absolute Gasteiger partial charge is 0.331 e. The largest absolute Gasteiger partial charge is 0.478 e. The summed E-state index contributed by atoms with van der Waals surface area (Å²) >= 11 is 0. The number of unbranched alkanes of at least 4 members (excludes halogenated alkanes) is 6. The molecule has 0 aromatic rings. The van der Waals surface area contributed by atoms with Crippen LogP contribution in [-0.4, -0.2) is 23.1 Å². The lowest BCUT2D eigenvalue weighted by atomic mass is 10.0. The van der Waals surface area contributed by atoms with Gasteiger partial charge in [0, 0.05) is 12.2 Å². The van der Waals surface area contributed by atoms with E-state index in [2.05, 4.69) is 13.8 Å². The highest BCUT2D eigenvalue weighted by molar-refractivity contribution is 5.90. The standard InChI is InChI=1S/C17H30O4/c1-3-5-7-8-10-12-15(11-9-6-4-2)21-17(20)14-13-16(18)19/h13-15H,3-12H2,1-2H3,(H,18,19)/b14-13-. The molecule has 1 unspecified atom stereocenters. The maximum atomic E-state index is 11.6. The van der Waals surface area contributed by atoms with E-state index in [1.807, 2.05) is 0 Å². The fourth-order valence-electron chi connectivity index (χ4n) is 2.20. The Labute approximate surface area is 128 Å².